The highest BCUT2D eigenvalue weighted by Gasteiger charge is 2.29. The van der Waals surface area contributed by atoms with Crippen LogP contribution in [0.25, 0.3) is 0 Å². The summed E-state index contributed by atoms with van der Waals surface area (Å²) in [6.45, 7) is 5.33. The Labute approximate surface area is 130 Å². The third-order valence-corrected chi connectivity index (χ3v) is 4.52. The van der Waals surface area contributed by atoms with Gasteiger partial charge in [0.2, 0.25) is 17.2 Å². The fourth-order valence-electron chi connectivity index (χ4n) is 2.89. The molecule has 6 nitrogen and oxygen atoms in total. The third kappa shape index (κ3) is 3.55. The van der Waals surface area contributed by atoms with Crippen molar-refractivity contribution >= 4 is 23.5 Å². The second kappa shape index (κ2) is 5.93. The smallest absolute Gasteiger partial charge is 0.231 e. The van der Waals surface area contributed by atoms with Gasteiger partial charge in [0.15, 0.2) is 0 Å². The summed E-state index contributed by atoms with van der Waals surface area (Å²) in [6, 6.07) is 0. The van der Waals surface area contributed by atoms with Crippen LogP contribution >= 0.6 is 11.6 Å². The predicted octanol–water partition coefficient (Wildman–Crippen LogP) is 1.87. The van der Waals surface area contributed by atoms with Crippen LogP contribution in [-0.2, 0) is 0 Å². The topological polar surface area (TPSA) is 65.4 Å². The van der Waals surface area contributed by atoms with Crippen molar-refractivity contribution in [1.29, 1.82) is 0 Å². The zero-order chi connectivity index (χ0) is 14.9. The molecular weight excluding hydrogens is 290 g/mol. The Kier molecular flexibility index (Phi) is 4.17. The first-order valence-electron chi connectivity index (χ1n) is 7.67. The van der Waals surface area contributed by atoms with E-state index in [-0.39, 0.29) is 5.28 Å². The fraction of sp³-hybridized carbons (Fsp3) is 0.786. The summed E-state index contributed by atoms with van der Waals surface area (Å²) >= 11 is 6.08. The standard InChI is InChI=1S/C14H22ClN5O/c1-14(21)5-9-20(10-6-14)13-17-11(15)16-12(18-13)19-7-3-2-4-8-19/h21H,2-10H2,1H3. The van der Waals surface area contributed by atoms with Gasteiger partial charge in [0, 0.05) is 26.2 Å². The number of hydrogen-bond acceptors (Lipinski definition) is 6. The first-order valence-corrected chi connectivity index (χ1v) is 8.05. The molecule has 3 heterocycles. The van der Waals surface area contributed by atoms with E-state index in [0.29, 0.717) is 11.9 Å². The first-order chi connectivity index (χ1) is 10.0. The van der Waals surface area contributed by atoms with E-state index in [2.05, 4.69) is 24.8 Å². The van der Waals surface area contributed by atoms with E-state index in [9.17, 15) is 5.11 Å². The molecular formula is C14H22ClN5O. The van der Waals surface area contributed by atoms with Gasteiger partial charge in [0.05, 0.1) is 5.60 Å². The van der Waals surface area contributed by atoms with Crippen LogP contribution in [0.2, 0.25) is 5.28 Å². The van der Waals surface area contributed by atoms with Crippen LogP contribution in [0.4, 0.5) is 11.9 Å². The Balaban J connectivity index is 1.78. The van der Waals surface area contributed by atoms with Crippen molar-refractivity contribution in [2.75, 3.05) is 36.0 Å². The molecule has 0 atom stereocenters. The Morgan fingerprint density at radius 1 is 0.905 bits per heavy atom. The minimum absolute atomic E-state index is 0.248. The van der Waals surface area contributed by atoms with Crippen LogP contribution in [0, 0.1) is 0 Å². The molecule has 0 bridgehead atoms. The van der Waals surface area contributed by atoms with Crippen molar-refractivity contribution in [2.24, 2.45) is 0 Å². The number of aliphatic hydroxyl groups is 1. The number of hydrogen-bond donors (Lipinski definition) is 1. The quantitative estimate of drug-likeness (QED) is 0.899. The highest BCUT2D eigenvalue weighted by Crippen LogP contribution is 2.26. The number of halogens is 1. The zero-order valence-corrected chi connectivity index (χ0v) is 13.2. The third-order valence-electron chi connectivity index (χ3n) is 4.35. The lowest BCUT2D eigenvalue weighted by molar-refractivity contribution is 0.0349. The molecule has 2 saturated heterocycles. The van der Waals surface area contributed by atoms with Crippen LogP contribution < -0.4 is 9.80 Å². The minimum Gasteiger partial charge on any atom is -0.390 e. The van der Waals surface area contributed by atoms with Crippen LogP contribution in [0.3, 0.4) is 0 Å². The van der Waals surface area contributed by atoms with Gasteiger partial charge in [-0.1, -0.05) is 0 Å². The molecule has 0 saturated carbocycles. The maximum atomic E-state index is 10.0. The molecule has 0 unspecified atom stereocenters. The molecule has 2 aliphatic rings. The largest absolute Gasteiger partial charge is 0.390 e. The average molecular weight is 312 g/mol. The van der Waals surface area contributed by atoms with Gasteiger partial charge in [0.25, 0.3) is 0 Å². The molecule has 0 spiro atoms. The molecule has 1 N–H and O–H groups in total. The lowest BCUT2D eigenvalue weighted by Gasteiger charge is -2.36. The van der Waals surface area contributed by atoms with E-state index in [1.165, 1.54) is 19.3 Å². The van der Waals surface area contributed by atoms with E-state index in [0.717, 1.165) is 39.0 Å². The number of nitrogens with zero attached hydrogens (tertiary/aromatic N) is 5. The van der Waals surface area contributed by atoms with Crippen LogP contribution in [0.5, 0.6) is 0 Å². The molecule has 0 amide bonds. The summed E-state index contributed by atoms with van der Waals surface area (Å²) in [5, 5.41) is 10.3. The Morgan fingerprint density at radius 2 is 1.43 bits per heavy atom. The van der Waals surface area contributed by atoms with Crippen molar-refractivity contribution in [3.63, 3.8) is 0 Å². The Morgan fingerprint density at radius 3 is 2.00 bits per heavy atom. The molecule has 0 aromatic carbocycles. The zero-order valence-electron chi connectivity index (χ0n) is 12.4. The molecule has 0 radical (unpaired) electrons. The summed E-state index contributed by atoms with van der Waals surface area (Å²) in [7, 11) is 0. The molecule has 21 heavy (non-hydrogen) atoms. The molecule has 2 aliphatic heterocycles. The SMILES string of the molecule is CC1(O)CCN(c2nc(Cl)nc(N3CCCCC3)n2)CC1. The van der Waals surface area contributed by atoms with E-state index in [1.807, 2.05) is 6.92 Å². The monoisotopic (exact) mass is 311 g/mol. The molecule has 116 valence electrons. The molecule has 1 aromatic heterocycles. The van der Waals surface area contributed by atoms with Gasteiger partial charge >= 0.3 is 0 Å². The predicted molar refractivity (Wildman–Crippen MR) is 83.0 cm³/mol. The maximum absolute atomic E-state index is 10.0. The summed E-state index contributed by atoms with van der Waals surface area (Å²) in [6.07, 6.45) is 5.05. The van der Waals surface area contributed by atoms with Crippen molar-refractivity contribution in [1.82, 2.24) is 15.0 Å². The first kappa shape index (κ1) is 14.8. The molecule has 2 fully saturated rings. The minimum atomic E-state index is -0.580. The fourth-order valence-corrected chi connectivity index (χ4v) is 3.05. The van der Waals surface area contributed by atoms with Crippen molar-refractivity contribution in [3.8, 4) is 0 Å². The molecule has 3 rings (SSSR count). The maximum Gasteiger partial charge on any atom is 0.231 e. The second-order valence-electron chi connectivity index (χ2n) is 6.24. The van der Waals surface area contributed by atoms with Crippen molar-refractivity contribution in [2.45, 2.75) is 44.6 Å². The van der Waals surface area contributed by atoms with E-state index in [1.54, 1.807) is 0 Å². The van der Waals surface area contributed by atoms with Crippen LogP contribution in [-0.4, -0.2) is 51.8 Å². The van der Waals surface area contributed by atoms with Crippen molar-refractivity contribution in [3.05, 3.63) is 5.28 Å². The number of rotatable bonds is 2. The van der Waals surface area contributed by atoms with Gasteiger partial charge in [-0.25, -0.2) is 0 Å². The molecule has 7 heteroatoms. The second-order valence-corrected chi connectivity index (χ2v) is 6.57. The summed E-state index contributed by atoms with van der Waals surface area (Å²) in [4.78, 5) is 17.4. The van der Waals surface area contributed by atoms with Gasteiger partial charge < -0.3 is 14.9 Å². The van der Waals surface area contributed by atoms with Gasteiger partial charge in [-0.2, -0.15) is 15.0 Å². The Hall–Kier alpha value is -1.14. The van der Waals surface area contributed by atoms with E-state index >= 15 is 0 Å². The Bertz CT molecular complexity index is 494. The van der Waals surface area contributed by atoms with E-state index in [4.69, 9.17) is 11.6 Å². The molecule has 1 aromatic rings. The highest BCUT2D eigenvalue weighted by molar-refractivity contribution is 6.28. The van der Waals surface area contributed by atoms with Crippen molar-refractivity contribution < 1.29 is 5.11 Å². The van der Waals surface area contributed by atoms with Gasteiger partial charge in [0.1, 0.15) is 0 Å². The van der Waals surface area contributed by atoms with Gasteiger partial charge in [-0.3, -0.25) is 0 Å². The van der Waals surface area contributed by atoms with Crippen LogP contribution in [0.15, 0.2) is 0 Å². The summed E-state index contributed by atoms with van der Waals surface area (Å²) in [5.74, 6) is 1.31. The van der Waals surface area contributed by atoms with Crippen LogP contribution in [0.1, 0.15) is 39.0 Å². The van der Waals surface area contributed by atoms with Gasteiger partial charge in [-0.15, -0.1) is 0 Å². The summed E-state index contributed by atoms with van der Waals surface area (Å²) < 4.78 is 0. The lowest BCUT2D eigenvalue weighted by atomic mass is 9.94. The number of anilines is 2. The normalized spacial score (nSPS) is 22.4. The average Bonchev–Trinajstić information content (AvgIpc) is 2.47. The lowest BCUT2D eigenvalue weighted by Crippen LogP contribution is -2.43. The number of piperidine rings is 2. The van der Waals surface area contributed by atoms with E-state index < -0.39 is 5.60 Å². The highest BCUT2D eigenvalue weighted by atomic mass is 35.5. The summed E-state index contributed by atoms with van der Waals surface area (Å²) in [5.41, 5.74) is -0.580. The number of aromatic nitrogens is 3. The molecule has 0 aliphatic carbocycles. The van der Waals surface area contributed by atoms with Gasteiger partial charge in [-0.05, 0) is 50.6 Å².